The van der Waals surface area contributed by atoms with E-state index in [0.717, 1.165) is 12.1 Å². The molecule has 0 saturated heterocycles. The minimum atomic E-state index is -0.594. The van der Waals surface area contributed by atoms with Crippen molar-refractivity contribution in [3.8, 4) is 0 Å². The average molecular weight is 286 g/mol. The Morgan fingerprint density at radius 1 is 1.14 bits per heavy atom. The number of aromatic nitrogens is 1. The first-order valence-corrected chi connectivity index (χ1v) is 7.21. The second kappa shape index (κ2) is 7.53. The van der Waals surface area contributed by atoms with Crippen molar-refractivity contribution in [3.63, 3.8) is 0 Å². The predicted molar refractivity (Wildman–Crippen MR) is 81.8 cm³/mol. The van der Waals surface area contributed by atoms with E-state index in [9.17, 15) is 9.18 Å². The molecule has 2 aromatic rings. The first-order chi connectivity index (χ1) is 10.2. The van der Waals surface area contributed by atoms with Gasteiger partial charge >= 0.3 is 0 Å². The molecule has 1 amide bonds. The van der Waals surface area contributed by atoms with Gasteiger partial charge in [0, 0.05) is 11.9 Å². The number of benzene rings is 1. The summed E-state index contributed by atoms with van der Waals surface area (Å²) in [5.41, 5.74) is 2.33. The van der Waals surface area contributed by atoms with E-state index in [-0.39, 0.29) is 5.91 Å². The maximum Gasteiger partial charge on any atom is 0.257 e. The second-order valence-electron chi connectivity index (χ2n) is 4.98. The predicted octanol–water partition coefficient (Wildman–Crippen LogP) is 4.21. The van der Waals surface area contributed by atoms with E-state index < -0.39 is 5.95 Å². The van der Waals surface area contributed by atoms with Gasteiger partial charge in [-0.3, -0.25) is 4.79 Å². The van der Waals surface area contributed by atoms with Gasteiger partial charge in [-0.15, -0.1) is 0 Å². The van der Waals surface area contributed by atoms with E-state index >= 15 is 0 Å². The molecule has 0 bridgehead atoms. The maximum atomic E-state index is 12.7. The van der Waals surface area contributed by atoms with Crippen LogP contribution in [0.25, 0.3) is 0 Å². The van der Waals surface area contributed by atoms with Crippen LogP contribution in [-0.2, 0) is 6.42 Å². The van der Waals surface area contributed by atoms with Gasteiger partial charge in [-0.1, -0.05) is 31.9 Å². The zero-order valence-electron chi connectivity index (χ0n) is 12.1. The molecule has 1 aromatic heterocycles. The molecule has 1 aromatic carbocycles. The first-order valence-electron chi connectivity index (χ1n) is 7.21. The van der Waals surface area contributed by atoms with E-state index in [1.54, 1.807) is 0 Å². The van der Waals surface area contributed by atoms with Crippen molar-refractivity contribution in [2.75, 3.05) is 5.32 Å². The summed E-state index contributed by atoms with van der Waals surface area (Å²) in [7, 11) is 0. The average Bonchev–Trinajstić information content (AvgIpc) is 2.50. The Labute approximate surface area is 124 Å². The number of nitrogens with zero attached hydrogens (tertiary/aromatic N) is 1. The molecule has 0 aliphatic rings. The largest absolute Gasteiger partial charge is 0.322 e. The number of nitrogens with one attached hydrogen (secondary N) is 1. The highest BCUT2D eigenvalue weighted by Gasteiger charge is 2.06. The summed E-state index contributed by atoms with van der Waals surface area (Å²) < 4.78 is 12.7. The van der Waals surface area contributed by atoms with Crippen LogP contribution in [-0.4, -0.2) is 10.9 Å². The summed E-state index contributed by atoms with van der Waals surface area (Å²) in [6.07, 6.45) is 5.91. The Morgan fingerprint density at radius 3 is 2.52 bits per heavy atom. The van der Waals surface area contributed by atoms with E-state index in [2.05, 4.69) is 17.2 Å². The SMILES string of the molecule is CCCCCc1ccc(NC(=O)c2ccc(F)nc2)cc1. The van der Waals surface area contributed by atoms with Crippen molar-refractivity contribution < 1.29 is 9.18 Å². The Bertz CT molecular complexity index is 579. The Balaban J connectivity index is 1.93. The number of unbranched alkanes of at least 4 members (excludes halogenated alkanes) is 2. The van der Waals surface area contributed by atoms with E-state index in [1.165, 1.54) is 43.2 Å². The summed E-state index contributed by atoms with van der Waals surface area (Å²) in [4.78, 5) is 15.4. The van der Waals surface area contributed by atoms with Gasteiger partial charge in [0.25, 0.3) is 5.91 Å². The number of anilines is 1. The summed E-state index contributed by atoms with van der Waals surface area (Å²) in [6, 6.07) is 10.4. The summed E-state index contributed by atoms with van der Waals surface area (Å²) in [6.45, 7) is 2.18. The van der Waals surface area contributed by atoms with Gasteiger partial charge in [0.1, 0.15) is 0 Å². The van der Waals surface area contributed by atoms with Gasteiger partial charge in [0.2, 0.25) is 5.95 Å². The van der Waals surface area contributed by atoms with Crippen LogP contribution in [0.3, 0.4) is 0 Å². The topological polar surface area (TPSA) is 42.0 Å². The van der Waals surface area contributed by atoms with Crippen molar-refractivity contribution in [1.29, 1.82) is 0 Å². The molecular formula is C17H19FN2O. The first kappa shape index (κ1) is 15.2. The molecule has 2 rings (SSSR count). The lowest BCUT2D eigenvalue weighted by Gasteiger charge is -2.06. The summed E-state index contributed by atoms with van der Waals surface area (Å²) in [5.74, 6) is -0.885. The lowest BCUT2D eigenvalue weighted by Crippen LogP contribution is -2.12. The van der Waals surface area contributed by atoms with Crippen molar-refractivity contribution in [3.05, 3.63) is 59.7 Å². The van der Waals surface area contributed by atoms with Crippen LogP contribution in [0.1, 0.15) is 42.1 Å². The van der Waals surface area contributed by atoms with Crippen LogP contribution in [0.2, 0.25) is 0 Å². The molecule has 1 N–H and O–H groups in total. The van der Waals surface area contributed by atoms with Gasteiger partial charge in [-0.25, -0.2) is 4.98 Å². The van der Waals surface area contributed by atoms with E-state index in [4.69, 9.17) is 0 Å². The van der Waals surface area contributed by atoms with Gasteiger partial charge in [-0.05, 0) is 42.7 Å². The molecule has 0 spiro atoms. The molecule has 0 atom stereocenters. The maximum absolute atomic E-state index is 12.7. The van der Waals surface area contributed by atoms with Gasteiger partial charge in [0.05, 0.1) is 5.56 Å². The minimum Gasteiger partial charge on any atom is -0.322 e. The van der Waals surface area contributed by atoms with Crippen LogP contribution >= 0.6 is 0 Å². The molecule has 1 heterocycles. The van der Waals surface area contributed by atoms with Gasteiger partial charge in [0.15, 0.2) is 0 Å². The molecule has 110 valence electrons. The zero-order valence-corrected chi connectivity index (χ0v) is 12.1. The molecule has 3 nitrogen and oxygen atoms in total. The summed E-state index contributed by atoms with van der Waals surface area (Å²) >= 11 is 0. The highest BCUT2D eigenvalue weighted by Crippen LogP contribution is 2.13. The third kappa shape index (κ3) is 4.67. The van der Waals surface area contributed by atoms with Crippen molar-refractivity contribution in [2.24, 2.45) is 0 Å². The van der Waals surface area contributed by atoms with Crippen LogP contribution < -0.4 is 5.32 Å². The molecule has 21 heavy (non-hydrogen) atoms. The van der Waals surface area contributed by atoms with Crippen LogP contribution in [0, 0.1) is 5.95 Å². The molecule has 0 saturated carbocycles. The molecule has 0 aliphatic heterocycles. The minimum absolute atomic E-state index is 0.291. The number of rotatable bonds is 6. The lowest BCUT2D eigenvalue weighted by atomic mass is 10.1. The number of aryl methyl sites for hydroxylation is 1. The number of hydrogen-bond donors (Lipinski definition) is 1. The smallest absolute Gasteiger partial charge is 0.257 e. The molecule has 0 unspecified atom stereocenters. The number of pyridine rings is 1. The number of hydrogen-bond acceptors (Lipinski definition) is 2. The number of amides is 1. The lowest BCUT2D eigenvalue weighted by molar-refractivity contribution is 0.102. The van der Waals surface area contributed by atoms with E-state index in [0.29, 0.717) is 5.56 Å². The van der Waals surface area contributed by atoms with Crippen LogP contribution in [0.15, 0.2) is 42.6 Å². The number of carbonyl (C=O) groups is 1. The van der Waals surface area contributed by atoms with Gasteiger partial charge in [-0.2, -0.15) is 4.39 Å². The highest BCUT2D eigenvalue weighted by molar-refractivity contribution is 6.03. The fourth-order valence-corrected chi connectivity index (χ4v) is 2.05. The molecular weight excluding hydrogens is 267 g/mol. The fraction of sp³-hybridized carbons (Fsp3) is 0.294. The number of carbonyl (C=O) groups excluding carboxylic acids is 1. The normalized spacial score (nSPS) is 10.4. The zero-order chi connectivity index (χ0) is 15.1. The third-order valence-electron chi connectivity index (χ3n) is 3.27. The van der Waals surface area contributed by atoms with Crippen LogP contribution in [0.5, 0.6) is 0 Å². The third-order valence-corrected chi connectivity index (χ3v) is 3.27. The number of halogens is 1. The Hall–Kier alpha value is -2.23. The molecule has 4 heteroatoms. The van der Waals surface area contributed by atoms with Gasteiger partial charge < -0.3 is 5.32 Å². The Kier molecular flexibility index (Phi) is 5.43. The van der Waals surface area contributed by atoms with Crippen molar-refractivity contribution in [1.82, 2.24) is 4.98 Å². The monoisotopic (exact) mass is 286 g/mol. The molecule has 0 aliphatic carbocycles. The van der Waals surface area contributed by atoms with Crippen molar-refractivity contribution in [2.45, 2.75) is 32.6 Å². The standard InChI is InChI=1S/C17H19FN2O/c1-2-3-4-5-13-6-9-15(10-7-13)20-17(21)14-8-11-16(18)19-12-14/h6-12H,2-5H2,1H3,(H,20,21). The Morgan fingerprint density at radius 2 is 1.90 bits per heavy atom. The fourth-order valence-electron chi connectivity index (χ4n) is 2.05. The molecule has 0 fully saturated rings. The van der Waals surface area contributed by atoms with E-state index in [1.807, 2.05) is 24.3 Å². The molecule has 0 radical (unpaired) electrons. The van der Waals surface area contributed by atoms with Crippen molar-refractivity contribution >= 4 is 11.6 Å². The second-order valence-corrected chi connectivity index (χ2v) is 4.98. The summed E-state index contributed by atoms with van der Waals surface area (Å²) in [5, 5.41) is 2.77. The van der Waals surface area contributed by atoms with Crippen LogP contribution in [0.4, 0.5) is 10.1 Å². The quantitative estimate of drug-likeness (QED) is 0.638. The highest BCUT2D eigenvalue weighted by atomic mass is 19.1.